The monoisotopic (exact) mass is 280 g/mol. The van der Waals surface area contributed by atoms with E-state index in [4.69, 9.17) is 19.9 Å². The van der Waals surface area contributed by atoms with E-state index in [2.05, 4.69) is 5.32 Å². The van der Waals surface area contributed by atoms with Gasteiger partial charge < -0.3 is 25.3 Å². The maximum Gasteiger partial charge on any atom is 0.253 e. The van der Waals surface area contributed by atoms with Gasteiger partial charge in [0.15, 0.2) is 0 Å². The van der Waals surface area contributed by atoms with Crippen molar-refractivity contribution in [3.8, 4) is 11.5 Å². The van der Waals surface area contributed by atoms with Gasteiger partial charge in [-0.15, -0.1) is 0 Å². The molecule has 0 saturated carbocycles. The molecule has 0 aliphatic carbocycles. The van der Waals surface area contributed by atoms with Gasteiger partial charge in [-0.25, -0.2) is 0 Å². The summed E-state index contributed by atoms with van der Waals surface area (Å²) in [6.45, 7) is 0.437. The van der Waals surface area contributed by atoms with Gasteiger partial charge in [0, 0.05) is 12.6 Å². The zero-order valence-corrected chi connectivity index (χ0v) is 11.7. The number of nitrogens with two attached hydrogens (primary N) is 1. The van der Waals surface area contributed by atoms with Crippen LogP contribution in [0, 0.1) is 0 Å². The Morgan fingerprint density at radius 2 is 2.20 bits per heavy atom. The standard InChI is InChI=1S/C14H20N2O4/c1-18-9-3-5-12(19-2)11(7-9)16-14(17)13-6-4-10(8-15)20-13/h3,5,7,10,13H,4,6,8,15H2,1-2H3,(H,16,17)/t10-,13+/m1/s1. The predicted molar refractivity (Wildman–Crippen MR) is 75.1 cm³/mol. The van der Waals surface area contributed by atoms with E-state index in [1.807, 2.05) is 0 Å². The fourth-order valence-corrected chi connectivity index (χ4v) is 2.20. The lowest BCUT2D eigenvalue weighted by Gasteiger charge is -2.15. The Bertz CT molecular complexity index is 478. The van der Waals surface area contributed by atoms with Crippen molar-refractivity contribution in [2.45, 2.75) is 25.0 Å². The van der Waals surface area contributed by atoms with Crippen LogP contribution in [0.1, 0.15) is 12.8 Å². The number of methoxy groups -OCH3 is 2. The van der Waals surface area contributed by atoms with Gasteiger partial charge in [-0.1, -0.05) is 0 Å². The van der Waals surface area contributed by atoms with E-state index in [-0.39, 0.29) is 12.0 Å². The summed E-state index contributed by atoms with van der Waals surface area (Å²) in [7, 11) is 3.12. The van der Waals surface area contributed by atoms with Crippen molar-refractivity contribution in [1.29, 1.82) is 0 Å². The maximum atomic E-state index is 12.2. The van der Waals surface area contributed by atoms with Gasteiger partial charge in [0.25, 0.3) is 5.91 Å². The molecule has 0 aromatic heterocycles. The first-order valence-corrected chi connectivity index (χ1v) is 6.56. The highest BCUT2D eigenvalue weighted by atomic mass is 16.5. The molecule has 1 aromatic rings. The Morgan fingerprint density at radius 1 is 1.40 bits per heavy atom. The minimum Gasteiger partial charge on any atom is -0.497 e. The van der Waals surface area contributed by atoms with Gasteiger partial charge in [-0.2, -0.15) is 0 Å². The van der Waals surface area contributed by atoms with Gasteiger partial charge in [0.1, 0.15) is 17.6 Å². The number of anilines is 1. The van der Waals surface area contributed by atoms with Gasteiger partial charge in [0.2, 0.25) is 0 Å². The van der Waals surface area contributed by atoms with Crippen LogP contribution >= 0.6 is 0 Å². The molecule has 20 heavy (non-hydrogen) atoms. The quantitative estimate of drug-likeness (QED) is 0.845. The second-order valence-electron chi connectivity index (χ2n) is 4.62. The van der Waals surface area contributed by atoms with E-state index >= 15 is 0 Å². The second kappa shape index (κ2) is 6.58. The molecule has 1 aliphatic heterocycles. The number of benzene rings is 1. The lowest BCUT2D eigenvalue weighted by atomic mass is 10.2. The zero-order chi connectivity index (χ0) is 14.5. The average Bonchev–Trinajstić information content (AvgIpc) is 2.96. The van der Waals surface area contributed by atoms with Crippen LogP contribution in [0.2, 0.25) is 0 Å². The van der Waals surface area contributed by atoms with Crippen LogP contribution in [0.15, 0.2) is 18.2 Å². The highest BCUT2D eigenvalue weighted by Gasteiger charge is 2.30. The molecular weight excluding hydrogens is 260 g/mol. The number of carbonyl (C=O) groups is 1. The third-order valence-electron chi connectivity index (χ3n) is 3.33. The molecule has 0 radical (unpaired) electrons. The molecule has 1 fully saturated rings. The van der Waals surface area contributed by atoms with Crippen molar-refractivity contribution in [2.75, 3.05) is 26.1 Å². The maximum absolute atomic E-state index is 12.2. The molecule has 1 aromatic carbocycles. The molecule has 0 unspecified atom stereocenters. The number of carbonyl (C=O) groups excluding carboxylic acids is 1. The molecule has 1 saturated heterocycles. The molecule has 0 bridgehead atoms. The van der Waals surface area contributed by atoms with Crippen molar-refractivity contribution in [1.82, 2.24) is 0 Å². The van der Waals surface area contributed by atoms with E-state index in [0.717, 1.165) is 6.42 Å². The first kappa shape index (κ1) is 14.6. The van der Waals surface area contributed by atoms with E-state index in [1.165, 1.54) is 0 Å². The summed E-state index contributed by atoms with van der Waals surface area (Å²) >= 11 is 0. The topological polar surface area (TPSA) is 82.8 Å². The molecule has 0 spiro atoms. The molecule has 6 heteroatoms. The number of amides is 1. The van der Waals surface area contributed by atoms with Crippen LogP contribution < -0.4 is 20.5 Å². The van der Waals surface area contributed by atoms with Crippen molar-refractivity contribution < 1.29 is 19.0 Å². The van der Waals surface area contributed by atoms with Gasteiger partial charge in [-0.3, -0.25) is 4.79 Å². The van der Waals surface area contributed by atoms with Crippen molar-refractivity contribution in [3.63, 3.8) is 0 Å². The highest BCUT2D eigenvalue weighted by Crippen LogP contribution is 2.30. The van der Waals surface area contributed by atoms with E-state index in [0.29, 0.717) is 30.2 Å². The summed E-state index contributed by atoms with van der Waals surface area (Å²) < 4.78 is 15.9. The lowest BCUT2D eigenvalue weighted by Crippen LogP contribution is -2.29. The van der Waals surface area contributed by atoms with Crippen LogP contribution in [-0.4, -0.2) is 38.9 Å². The van der Waals surface area contributed by atoms with Crippen LogP contribution in [0.5, 0.6) is 11.5 Å². The lowest BCUT2D eigenvalue weighted by molar-refractivity contribution is -0.126. The van der Waals surface area contributed by atoms with Crippen LogP contribution in [0.3, 0.4) is 0 Å². The van der Waals surface area contributed by atoms with Crippen molar-refractivity contribution in [3.05, 3.63) is 18.2 Å². The van der Waals surface area contributed by atoms with E-state index in [1.54, 1.807) is 32.4 Å². The summed E-state index contributed by atoms with van der Waals surface area (Å²) in [5.74, 6) is 1.04. The Kier molecular flexibility index (Phi) is 4.81. The summed E-state index contributed by atoms with van der Waals surface area (Å²) in [5, 5.41) is 2.81. The summed E-state index contributed by atoms with van der Waals surface area (Å²) in [6, 6.07) is 5.23. The predicted octanol–water partition coefficient (Wildman–Crippen LogP) is 1.15. The van der Waals surface area contributed by atoms with Crippen molar-refractivity contribution in [2.24, 2.45) is 5.73 Å². The SMILES string of the molecule is COc1ccc(OC)c(NC(=O)[C@@H]2CC[C@H](CN)O2)c1. The van der Waals surface area contributed by atoms with Crippen molar-refractivity contribution >= 4 is 11.6 Å². The minimum atomic E-state index is -0.459. The molecular formula is C14H20N2O4. The number of ether oxygens (including phenoxy) is 3. The van der Waals surface area contributed by atoms with Crippen LogP contribution in [0.25, 0.3) is 0 Å². The summed E-state index contributed by atoms with van der Waals surface area (Å²) in [5.41, 5.74) is 6.11. The fraction of sp³-hybridized carbons (Fsp3) is 0.500. The molecule has 2 atom stereocenters. The largest absolute Gasteiger partial charge is 0.497 e. The molecule has 1 aliphatic rings. The van der Waals surface area contributed by atoms with E-state index < -0.39 is 6.10 Å². The van der Waals surface area contributed by atoms with Gasteiger partial charge >= 0.3 is 0 Å². The molecule has 3 N–H and O–H groups in total. The highest BCUT2D eigenvalue weighted by molar-refractivity contribution is 5.95. The van der Waals surface area contributed by atoms with E-state index in [9.17, 15) is 4.79 Å². The molecule has 1 heterocycles. The Labute approximate surface area is 118 Å². The average molecular weight is 280 g/mol. The number of nitrogens with one attached hydrogen (secondary N) is 1. The van der Waals surface area contributed by atoms with Gasteiger partial charge in [-0.05, 0) is 25.0 Å². The molecule has 6 nitrogen and oxygen atoms in total. The number of hydrogen-bond donors (Lipinski definition) is 2. The molecule has 2 rings (SSSR count). The Morgan fingerprint density at radius 3 is 2.80 bits per heavy atom. The summed E-state index contributed by atoms with van der Waals surface area (Å²) in [4.78, 5) is 12.2. The third kappa shape index (κ3) is 3.20. The normalized spacial score (nSPS) is 21.6. The molecule has 110 valence electrons. The first-order chi connectivity index (χ1) is 9.67. The second-order valence-corrected chi connectivity index (χ2v) is 4.62. The van der Waals surface area contributed by atoms with Crippen LogP contribution in [0.4, 0.5) is 5.69 Å². The number of hydrogen-bond acceptors (Lipinski definition) is 5. The minimum absolute atomic E-state index is 0.0297. The third-order valence-corrected chi connectivity index (χ3v) is 3.33. The number of rotatable bonds is 5. The Balaban J connectivity index is 2.07. The first-order valence-electron chi connectivity index (χ1n) is 6.56. The van der Waals surface area contributed by atoms with Crippen LogP contribution in [-0.2, 0) is 9.53 Å². The smallest absolute Gasteiger partial charge is 0.253 e. The zero-order valence-electron chi connectivity index (χ0n) is 11.7. The van der Waals surface area contributed by atoms with Gasteiger partial charge in [0.05, 0.1) is 26.0 Å². The fourth-order valence-electron chi connectivity index (χ4n) is 2.20. The Hall–Kier alpha value is -1.79. The summed E-state index contributed by atoms with van der Waals surface area (Å²) in [6.07, 6.45) is 1.00. The molecule has 1 amide bonds.